The Morgan fingerprint density at radius 2 is 2.56 bits per heavy atom. The lowest BCUT2D eigenvalue weighted by atomic mass is 10.2. The molecule has 100 valence electrons. The van der Waals surface area contributed by atoms with Crippen molar-refractivity contribution in [3.63, 3.8) is 0 Å². The minimum absolute atomic E-state index is 0.0566. The van der Waals surface area contributed by atoms with Gasteiger partial charge in [-0.1, -0.05) is 5.16 Å². The van der Waals surface area contributed by atoms with E-state index in [9.17, 15) is 4.79 Å². The number of hydrogen-bond acceptors (Lipinski definition) is 5. The molecule has 1 aliphatic rings. The lowest BCUT2D eigenvalue weighted by Gasteiger charge is -2.23. The molecule has 1 unspecified atom stereocenters. The first-order valence-electron chi connectivity index (χ1n) is 6.16. The number of amides is 1. The molecule has 2 rings (SSSR count). The molecular formula is C12H19N3O3. The van der Waals surface area contributed by atoms with Gasteiger partial charge in [-0.2, -0.15) is 0 Å². The molecule has 1 atom stereocenters. The van der Waals surface area contributed by atoms with Crippen molar-refractivity contribution in [1.82, 2.24) is 15.4 Å². The van der Waals surface area contributed by atoms with Gasteiger partial charge in [0.15, 0.2) is 11.5 Å². The average Bonchev–Trinajstić information content (AvgIpc) is 2.98. The summed E-state index contributed by atoms with van der Waals surface area (Å²) in [5.74, 6) is 0.518. The fourth-order valence-electron chi connectivity index (χ4n) is 2.32. The number of likely N-dealkylation sites (N-methyl/N-ethyl adjacent to an activating group) is 1. The maximum Gasteiger partial charge on any atom is 0.276 e. The average molecular weight is 253 g/mol. The minimum Gasteiger partial charge on any atom is -0.377 e. The third kappa shape index (κ3) is 2.70. The second kappa shape index (κ2) is 5.97. The largest absolute Gasteiger partial charge is 0.377 e. The number of carbonyl (C=O) groups is 1. The van der Waals surface area contributed by atoms with Gasteiger partial charge in [-0.25, -0.2) is 0 Å². The molecule has 0 saturated carbocycles. The highest BCUT2D eigenvalue weighted by molar-refractivity contribution is 5.92. The smallest absolute Gasteiger partial charge is 0.276 e. The predicted octanol–water partition coefficient (Wildman–Crippen LogP) is 0.645. The van der Waals surface area contributed by atoms with Crippen molar-refractivity contribution < 1.29 is 14.1 Å². The van der Waals surface area contributed by atoms with E-state index in [2.05, 4.69) is 10.5 Å². The van der Waals surface area contributed by atoms with E-state index in [1.807, 2.05) is 11.9 Å². The number of methoxy groups -OCH3 is 1. The van der Waals surface area contributed by atoms with Crippen molar-refractivity contribution in [2.24, 2.45) is 0 Å². The Morgan fingerprint density at radius 3 is 3.28 bits per heavy atom. The van der Waals surface area contributed by atoms with Crippen LogP contribution in [-0.2, 0) is 11.3 Å². The number of likely N-dealkylation sites (tertiary alicyclic amines) is 1. The highest BCUT2D eigenvalue weighted by Crippen LogP contribution is 2.19. The molecule has 0 bridgehead atoms. The molecule has 1 amide bonds. The lowest BCUT2D eigenvalue weighted by molar-refractivity contribution is 0.0726. The van der Waals surface area contributed by atoms with E-state index in [1.165, 1.54) is 0 Å². The van der Waals surface area contributed by atoms with Crippen LogP contribution in [0.15, 0.2) is 10.6 Å². The van der Waals surface area contributed by atoms with Crippen molar-refractivity contribution in [3.8, 4) is 0 Å². The minimum atomic E-state index is -0.0566. The van der Waals surface area contributed by atoms with Gasteiger partial charge < -0.3 is 19.5 Å². The van der Waals surface area contributed by atoms with Gasteiger partial charge in [0.1, 0.15) is 6.61 Å². The van der Waals surface area contributed by atoms with Crippen LogP contribution < -0.4 is 5.32 Å². The molecule has 1 fully saturated rings. The van der Waals surface area contributed by atoms with Crippen LogP contribution in [0.2, 0.25) is 0 Å². The Labute approximate surface area is 106 Å². The molecule has 1 N–H and O–H groups in total. The highest BCUT2D eigenvalue weighted by atomic mass is 16.5. The summed E-state index contributed by atoms with van der Waals surface area (Å²) in [6.07, 6.45) is 2.08. The zero-order valence-electron chi connectivity index (χ0n) is 10.8. The summed E-state index contributed by atoms with van der Waals surface area (Å²) in [4.78, 5) is 14.2. The zero-order chi connectivity index (χ0) is 13.0. The first kappa shape index (κ1) is 13.0. The Bertz CT molecular complexity index is 405. The number of aromatic nitrogens is 1. The Morgan fingerprint density at radius 1 is 1.72 bits per heavy atom. The molecule has 6 heteroatoms. The molecular weight excluding hydrogens is 234 g/mol. The van der Waals surface area contributed by atoms with Crippen LogP contribution in [0.4, 0.5) is 0 Å². The monoisotopic (exact) mass is 253 g/mol. The third-order valence-electron chi connectivity index (χ3n) is 3.14. The molecule has 1 aromatic heterocycles. The van der Waals surface area contributed by atoms with E-state index >= 15 is 0 Å². The maximum absolute atomic E-state index is 12.3. The summed E-state index contributed by atoms with van der Waals surface area (Å²) in [5.41, 5.74) is 0.366. The van der Waals surface area contributed by atoms with Crippen molar-refractivity contribution in [2.75, 3.05) is 27.2 Å². The second-order valence-electron chi connectivity index (χ2n) is 4.46. The normalized spacial score (nSPS) is 19.4. The molecule has 0 aliphatic carbocycles. The van der Waals surface area contributed by atoms with Gasteiger partial charge in [-0.05, 0) is 19.9 Å². The molecule has 18 heavy (non-hydrogen) atoms. The van der Waals surface area contributed by atoms with E-state index in [0.29, 0.717) is 18.1 Å². The lowest BCUT2D eigenvalue weighted by Crippen LogP contribution is -2.40. The summed E-state index contributed by atoms with van der Waals surface area (Å²) < 4.78 is 9.98. The molecule has 2 heterocycles. The summed E-state index contributed by atoms with van der Waals surface area (Å²) in [6.45, 7) is 1.94. The van der Waals surface area contributed by atoms with Gasteiger partial charge in [-0.3, -0.25) is 4.79 Å². The number of nitrogens with one attached hydrogen (secondary N) is 1. The van der Waals surface area contributed by atoms with Crippen LogP contribution in [-0.4, -0.2) is 49.3 Å². The van der Waals surface area contributed by atoms with Gasteiger partial charge in [0.25, 0.3) is 5.91 Å². The first-order valence-corrected chi connectivity index (χ1v) is 6.16. The molecule has 0 aromatic carbocycles. The summed E-state index contributed by atoms with van der Waals surface area (Å²) in [6, 6.07) is 1.91. The van der Waals surface area contributed by atoms with Crippen LogP contribution in [0.5, 0.6) is 0 Å². The summed E-state index contributed by atoms with van der Waals surface area (Å²) >= 11 is 0. The Kier molecular flexibility index (Phi) is 4.33. The van der Waals surface area contributed by atoms with Crippen LogP contribution in [0, 0.1) is 0 Å². The van der Waals surface area contributed by atoms with Crippen molar-refractivity contribution in [2.45, 2.75) is 25.5 Å². The number of nitrogens with zero attached hydrogens (tertiary/aromatic N) is 2. The quantitative estimate of drug-likeness (QED) is 0.834. The topological polar surface area (TPSA) is 67.6 Å². The van der Waals surface area contributed by atoms with Crippen molar-refractivity contribution in [1.29, 1.82) is 0 Å². The standard InChI is InChI=1S/C12H19N3O3/c1-13-7-9-4-3-5-15(9)12(16)11-6-10(8-17-2)18-14-11/h6,9,13H,3-5,7-8H2,1-2H3. The molecule has 6 nitrogen and oxygen atoms in total. The molecule has 1 saturated heterocycles. The van der Waals surface area contributed by atoms with E-state index in [4.69, 9.17) is 9.26 Å². The second-order valence-corrected chi connectivity index (χ2v) is 4.46. The van der Waals surface area contributed by atoms with E-state index in [0.717, 1.165) is 25.9 Å². The first-order chi connectivity index (χ1) is 8.76. The molecule has 0 radical (unpaired) electrons. The summed E-state index contributed by atoms with van der Waals surface area (Å²) in [7, 11) is 3.47. The molecule has 0 spiro atoms. The van der Waals surface area contributed by atoms with Crippen molar-refractivity contribution in [3.05, 3.63) is 17.5 Å². The maximum atomic E-state index is 12.3. The van der Waals surface area contributed by atoms with Gasteiger partial charge >= 0.3 is 0 Å². The predicted molar refractivity (Wildman–Crippen MR) is 65.2 cm³/mol. The van der Waals surface area contributed by atoms with Crippen LogP contribution >= 0.6 is 0 Å². The van der Waals surface area contributed by atoms with Crippen LogP contribution in [0.1, 0.15) is 29.1 Å². The van der Waals surface area contributed by atoms with Gasteiger partial charge in [-0.15, -0.1) is 0 Å². The highest BCUT2D eigenvalue weighted by Gasteiger charge is 2.30. The molecule has 1 aliphatic heterocycles. The van der Waals surface area contributed by atoms with E-state index in [1.54, 1.807) is 13.2 Å². The van der Waals surface area contributed by atoms with E-state index < -0.39 is 0 Å². The van der Waals surface area contributed by atoms with E-state index in [-0.39, 0.29) is 11.9 Å². The third-order valence-corrected chi connectivity index (χ3v) is 3.14. The summed E-state index contributed by atoms with van der Waals surface area (Å²) in [5, 5.41) is 6.92. The van der Waals surface area contributed by atoms with Crippen molar-refractivity contribution >= 4 is 5.91 Å². The SMILES string of the molecule is CNCC1CCCN1C(=O)c1cc(COC)on1. The number of hydrogen-bond donors (Lipinski definition) is 1. The molecule has 1 aromatic rings. The fourth-order valence-corrected chi connectivity index (χ4v) is 2.32. The number of rotatable bonds is 5. The van der Waals surface area contributed by atoms with Gasteiger partial charge in [0.05, 0.1) is 0 Å². The van der Waals surface area contributed by atoms with Gasteiger partial charge in [0, 0.05) is 32.3 Å². The Balaban J connectivity index is 2.05. The fraction of sp³-hybridized carbons (Fsp3) is 0.667. The number of ether oxygens (including phenoxy) is 1. The zero-order valence-corrected chi connectivity index (χ0v) is 10.8. The van der Waals surface area contributed by atoms with Crippen LogP contribution in [0.25, 0.3) is 0 Å². The van der Waals surface area contributed by atoms with Gasteiger partial charge in [0.2, 0.25) is 0 Å². The number of carbonyl (C=O) groups excluding carboxylic acids is 1. The Hall–Kier alpha value is -1.40. The van der Waals surface area contributed by atoms with Crippen LogP contribution in [0.3, 0.4) is 0 Å².